The van der Waals surface area contributed by atoms with E-state index >= 15 is 0 Å². The number of likely N-dealkylation sites (tertiary alicyclic amines) is 1. The highest BCUT2D eigenvalue weighted by Gasteiger charge is 2.29. The number of amides is 1. The quantitative estimate of drug-likeness (QED) is 0.832. The largest absolute Gasteiger partial charge is 0.344 e. The Morgan fingerprint density at radius 2 is 1.95 bits per heavy atom. The molecule has 1 fully saturated rings. The van der Waals surface area contributed by atoms with Gasteiger partial charge < -0.3 is 10.2 Å². The average Bonchev–Trinajstić information content (AvgIpc) is 2.84. The highest BCUT2D eigenvalue weighted by atomic mass is 16.2. The Bertz CT molecular complexity index is 445. The Morgan fingerprint density at radius 1 is 1.29 bits per heavy atom. The summed E-state index contributed by atoms with van der Waals surface area (Å²) in [7, 11) is 1.88. The summed E-state index contributed by atoms with van der Waals surface area (Å²) in [6.45, 7) is 8.07. The maximum absolute atomic E-state index is 12.0. The summed E-state index contributed by atoms with van der Waals surface area (Å²) in [6, 6.07) is 10.9. The topological polar surface area (TPSA) is 35.6 Å². The fraction of sp³-hybridized carbons (Fsp3) is 0.588. The zero-order valence-corrected chi connectivity index (χ0v) is 13.4. The molecule has 2 rings (SSSR count). The molecule has 4 heteroatoms. The third kappa shape index (κ3) is 3.83. The molecule has 0 aromatic heterocycles. The molecule has 1 aromatic rings. The molecule has 1 heterocycles. The van der Waals surface area contributed by atoms with E-state index < -0.39 is 0 Å². The van der Waals surface area contributed by atoms with Gasteiger partial charge in [0.1, 0.15) is 0 Å². The Balaban J connectivity index is 2.04. The van der Waals surface area contributed by atoms with Crippen LogP contribution in [0.2, 0.25) is 0 Å². The second-order valence-corrected chi connectivity index (χ2v) is 5.66. The lowest BCUT2D eigenvalue weighted by molar-refractivity contribution is -0.128. The van der Waals surface area contributed by atoms with Gasteiger partial charge in [-0.2, -0.15) is 0 Å². The summed E-state index contributed by atoms with van der Waals surface area (Å²) in [4.78, 5) is 16.3. The van der Waals surface area contributed by atoms with Crippen LogP contribution < -0.4 is 5.32 Å². The number of carbonyl (C=O) groups is 1. The van der Waals surface area contributed by atoms with Crippen molar-refractivity contribution in [3.63, 3.8) is 0 Å². The minimum atomic E-state index is -0.0169. The Kier molecular flexibility index (Phi) is 5.76. The predicted molar refractivity (Wildman–Crippen MR) is 86.1 cm³/mol. The van der Waals surface area contributed by atoms with Crippen LogP contribution in [0.4, 0.5) is 0 Å². The fourth-order valence-corrected chi connectivity index (χ4v) is 3.06. The molecule has 0 saturated carbocycles. The van der Waals surface area contributed by atoms with Gasteiger partial charge >= 0.3 is 0 Å². The van der Waals surface area contributed by atoms with Crippen molar-refractivity contribution >= 4 is 5.91 Å². The molecule has 0 spiro atoms. The van der Waals surface area contributed by atoms with Gasteiger partial charge in [0.2, 0.25) is 5.91 Å². The van der Waals surface area contributed by atoms with Crippen LogP contribution in [0, 0.1) is 0 Å². The summed E-state index contributed by atoms with van der Waals surface area (Å²) < 4.78 is 0. The summed E-state index contributed by atoms with van der Waals surface area (Å²) in [5.74, 6) is 0.223. The van der Waals surface area contributed by atoms with Crippen molar-refractivity contribution in [1.29, 1.82) is 0 Å². The van der Waals surface area contributed by atoms with Crippen LogP contribution in [0.1, 0.15) is 31.9 Å². The van der Waals surface area contributed by atoms with Crippen LogP contribution in [-0.2, 0) is 4.79 Å². The van der Waals surface area contributed by atoms with E-state index in [1.165, 1.54) is 5.56 Å². The standard InChI is InChI=1S/C17H27N3O/c1-4-20(5-2)16(14-9-7-6-8-10-14)13-18-15-11-12-19(3)17(15)21/h6-10,15-16,18H,4-5,11-13H2,1-3H3. The maximum Gasteiger partial charge on any atom is 0.239 e. The number of nitrogens with zero attached hydrogens (tertiary/aromatic N) is 2. The summed E-state index contributed by atoms with van der Waals surface area (Å²) in [5.41, 5.74) is 1.31. The lowest BCUT2D eigenvalue weighted by Gasteiger charge is -2.31. The minimum Gasteiger partial charge on any atom is -0.344 e. The van der Waals surface area contributed by atoms with E-state index in [1.54, 1.807) is 0 Å². The van der Waals surface area contributed by atoms with Gasteiger partial charge in [-0.1, -0.05) is 44.2 Å². The number of carbonyl (C=O) groups excluding carboxylic acids is 1. The van der Waals surface area contributed by atoms with Crippen molar-refractivity contribution in [1.82, 2.24) is 15.1 Å². The summed E-state index contributed by atoms with van der Waals surface area (Å²) in [6.07, 6.45) is 0.912. The highest BCUT2D eigenvalue weighted by molar-refractivity contribution is 5.83. The first-order valence-corrected chi connectivity index (χ1v) is 7.94. The molecular weight excluding hydrogens is 262 g/mol. The smallest absolute Gasteiger partial charge is 0.239 e. The first-order valence-electron chi connectivity index (χ1n) is 7.94. The van der Waals surface area contributed by atoms with Crippen molar-refractivity contribution in [2.75, 3.05) is 33.2 Å². The first-order chi connectivity index (χ1) is 10.2. The molecular formula is C17H27N3O. The molecule has 0 radical (unpaired) electrons. The van der Waals surface area contributed by atoms with Crippen molar-refractivity contribution in [3.8, 4) is 0 Å². The number of rotatable bonds is 7. The summed E-state index contributed by atoms with van der Waals surface area (Å²) >= 11 is 0. The van der Waals surface area contributed by atoms with Gasteiger partial charge in [0, 0.05) is 26.2 Å². The highest BCUT2D eigenvalue weighted by Crippen LogP contribution is 2.20. The third-order valence-electron chi connectivity index (χ3n) is 4.42. The molecule has 2 atom stereocenters. The Labute approximate surface area is 128 Å². The number of likely N-dealkylation sites (N-methyl/N-ethyl adjacent to an activating group) is 2. The van der Waals surface area contributed by atoms with Crippen LogP contribution in [0.25, 0.3) is 0 Å². The molecule has 1 aromatic carbocycles. The molecule has 2 unspecified atom stereocenters. The number of hydrogen-bond donors (Lipinski definition) is 1. The number of nitrogens with one attached hydrogen (secondary N) is 1. The van der Waals surface area contributed by atoms with Gasteiger partial charge in [0.15, 0.2) is 0 Å². The van der Waals surface area contributed by atoms with Crippen LogP contribution >= 0.6 is 0 Å². The second kappa shape index (κ2) is 7.57. The number of benzene rings is 1. The minimum absolute atomic E-state index is 0.0169. The lowest BCUT2D eigenvalue weighted by Crippen LogP contribution is -2.43. The third-order valence-corrected chi connectivity index (χ3v) is 4.42. The van der Waals surface area contributed by atoms with Gasteiger partial charge in [0.05, 0.1) is 6.04 Å². The molecule has 21 heavy (non-hydrogen) atoms. The van der Waals surface area contributed by atoms with E-state index in [1.807, 2.05) is 18.0 Å². The second-order valence-electron chi connectivity index (χ2n) is 5.66. The van der Waals surface area contributed by atoms with Crippen LogP contribution in [0.3, 0.4) is 0 Å². The fourth-order valence-electron chi connectivity index (χ4n) is 3.06. The molecule has 4 nitrogen and oxygen atoms in total. The van der Waals surface area contributed by atoms with Crippen LogP contribution in [0.15, 0.2) is 30.3 Å². The SMILES string of the molecule is CCN(CC)C(CNC1CCN(C)C1=O)c1ccccc1. The van der Waals surface area contributed by atoms with Gasteiger partial charge in [-0.15, -0.1) is 0 Å². The van der Waals surface area contributed by atoms with Gasteiger partial charge in [-0.25, -0.2) is 0 Å². The van der Waals surface area contributed by atoms with Crippen molar-refractivity contribution in [3.05, 3.63) is 35.9 Å². The van der Waals surface area contributed by atoms with Crippen molar-refractivity contribution < 1.29 is 4.79 Å². The Hall–Kier alpha value is -1.39. The van der Waals surface area contributed by atoms with Crippen molar-refractivity contribution in [2.24, 2.45) is 0 Å². The maximum atomic E-state index is 12.0. The molecule has 0 aliphatic carbocycles. The monoisotopic (exact) mass is 289 g/mol. The average molecular weight is 289 g/mol. The molecule has 1 N–H and O–H groups in total. The predicted octanol–water partition coefficient (Wildman–Crippen LogP) is 1.89. The van der Waals surface area contributed by atoms with E-state index in [-0.39, 0.29) is 11.9 Å². The van der Waals surface area contributed by atoms with E-state index in [2.05, 4.69) is 48.3 Å². The van der Waals surface area contributed by atoms with E-state index in [4.69, 9.17) is 0 Å². The van der Waals surface area contributed by atoms with E-state index in [0.717, 1.165) is 32.6 Å². The van der Waals surface area contributed by atoms with Gasteiger partial charge in [0.25, 0.3) is 0 Å². The van der Waals surface area contributed by atoms with Gasteiger partial charge in [-0.3, -0.25) is 9.69 Å². The summed E-state index contributed by atoms with van der Waals surface area (Å²) in [5, 5.41) is 3.48. The van der Waals surface area contributed by atoms with Crippen LogP contribution in [0.5, 0.6) is 0 Å². The van der Waals surface area contributed by atoms with E-state index in [9.17, 15) is 4.79 Å². The number of hydrogen-bond acceptors (Lipinski definition) is 3. The lowest BCUT2D eigenvalue weighted by atomic mass is 10.0. The normalized spacial score (nSPS) is 20.3. The Morgan fingerprint density at radius 3 is 2.48 bits per heavy atom. The molecule has 0 bridgehead atoms. The molecule has 1 aliphatic heterocycles. The molecule has 1 aliphatic rings. The zero-order valence-electron chi connectivity index (χ0n) is 13.4. The van der Waals surface area contributed by atoms with Crippen molar-refractivity contribution in [2.45, 2.75) is 32.4 Å². The van der Waals surface area contributed by atoms with Gasteiger partial charge in [-0.05, 0) is 25.1 Å². The zero-order chi connectivity index (χ0) is 15.2. The first kappa shape index (κ1) is 16.0. The van der Waals surface area contributed by atoms with Crippen LogP contribution in [-0.4, -0.2) is 55.0 Å². The molecule has 1 saturated heterocycles. The molecule has 116 valence electrons. The van der Waals surface area contributed by atoms with E-state index in [0.29, 0.717) is 6.04 Å². The molecule has 1 amide bonds.